The Hall–Kier alpha value is -7.27. The second kappa shape index (κ2) is 12.2. The molecule has 4 nitrogen and oxygen atoms in total. The summed E-state index contributed by atoms with van der Waals surface area (Å²) in [6, 6.07) is 57.3. The van der Waals surface area contributed by atoms with Gasteiger partial charge in [0.25, 0.3) is 0 Å². The Morgan fingerprint density at radius 2 is 1.25 bits per heavy atom. The number of nitrogens with zero attached hydrogens (tertiary/aromatic N) is 4. The zero-order valence-corrected chi connectivity index (χ0v) is 28.7. The number of fused-ring (bicyclic) bond motifs is 8. The van der Waals surface area contributed by atoms with Crippen molar-refractivity contribution in [3.8, 4) is 45.8 Å². The molecule has 246 valence electrons. The highest BCUT2D eigenvalue weighted by molar-refractivity contribution is 6.13. The molecule has 2 aromatic heterocycles. The first-order chi connectivity index (χ1) is 26.1. The van der Waals surface area contributed by atoms with Crippen LogP contribution < -0.4 is 0 Å². The Labute approximate surface area is 306 Å². The molecule has 0 fully saturated rings. The van der Waals surface area contributed by atoms with E-state index in [2.05, 4.69) is 132 Å². The standard InChI is InChI=1S/C49H30N4/c50-29-31-9-13-34(14-10-31)47-48(35-15-11-32(30-51)12-16-35)53-46-8-4-3-7-44(46)43-24-23-42(28-45(43)49(53)52-47)41-22-21-39-26-38(19-20-40(39)27-41)37-18-17-33-5-1-2-6-36(33)25-37/h1-26,28,41H,27H2. The fraction of sp³-hybridized carbons (Fsp3) is 0.0408. The molecule has 2 heterocycles. The molecule has 4 heteroatoms. The summed E-state index contributed by atoms with van der Waals surface area (Å²) in [4.78, 5) is 5.41. The largest absolute Gasteiger partial charge is 0.291 e. The number of rotatable bonds is 4. The van der Waals surface area contributed by atoms with Crippen molar-refractivity contribution in [1.82, 2.24) is 9.38 Å². The van der Waals surface area contributed by atoms with Crippen molar-refractivity contribution in [3.05, 3.63) is 186 Å². The highest BCUT2D eigenvalue weighted by Crippen LogP contribution is 2.41. The number of imidazole rings is 1. The molecule has 10 rings (SSSR count). The van der Waals surface area contributed by atoms with E-state index in [1.54, 1.807) is 0 Å². The van der Waals surface area contributed by atoms with Crippen LogP contribution in [0.5, 0.6) is 0 Å². The van der Waals surface area contributed by atoms with E-state index in [0.717, 1.165) is 56.3 Å². The summed E-state index contributed by atoms with van der Waals surface area (Å²) < 4.78 is 2.27. The lowest BCUT2D eigenvalue weighted by Crippen LogP contribution is -2.06. The Balaban J connectivity index is 1.12. The Bertz CT molecular complexity index is 3040. The number of hydrogen-bond donors (Lipinski definition) is 0. The van der Waals surface area contributed by atoms with Gasteiger partial charge in [0.15, 0.2) is 0 Å². The van der Waals surface area contributed by atoms with Gasteiger partial charge in [-0.05, 0) is 98.9 Å². The molecule has 1 aliphatic carbocycles. The first-order valence-electron chi connectivity index (χ1n) is 17.8. The van der Waals surface area contributed by atoms with Crippen LogP contribution in [0.2, 0.25) is 0 Å². The smallest absolute Gasteiger partial charge is 0.146 e. The SMILES string of the molecule is N#Cc1ccc(-c2nc3c4cc(C5C=Cc6cc(-c7ccc8ccccc8c7)ccc6C5)ccc4c4ccccc4n3c2-c2ccc(C#N)cc2)cc1. The summed E-state index contributed by atoms with van der Waals surface area (Å²) >= 11 is 0. The third kappa shape index (κ3) is 5.09. The van der Waals surface area contributed by atoms with E-state index < -0.39 is 0 Å². The molecule has 1 aliphatic rings. The molecule has 0 amide bonds. The molecule has 0 N–H and O–H groups in total. The second-order valence-corrected chi connectivity index (χ2v) is 13.8. The maximum Gasteiger partial charge on any atom is 0.146 e. The molecule has 53 heavy (non-hydrogen) atoms. The molecule has 0 saturated carbocycles. The van der Waals surface area contributed by atoms with Crippen molar-refractivity contribution in [2.24, 2.45) is 0 Å². The molecule has 1 atom stereocenters. The zero-order chi connectivity index (χ0) is 35.5. The van der Waals surface area contributed by atoms with E-state index in [-0.39, 0.29) is 5.92 Å². The molecular weight excluding hydrogens is 645 g/mol. The number of pyridine rings is 1. The van der Waals surface area contributed by atoms with Crippen LogP contribution in [0, 0.1) is 22.7 Å². The summed E-state index contributed by atoms with van der Waals surface area (Å²) in [5.41, 5.74) is 13.1. The third-order valence-electron chi connectivity index (χ3n) is 10.8. The average molecular weight is 675 g/mol. The van der Waals surface area contributed by atoms with Gasteiger partial charge in [-0.1, -0.05) is 115 Å². The number of aromatic nitrogens is 2. The van der Waals surface area contributed by atoms with Gasteiger partial charge in [-0.25, -0.2) is 4.98 Å². The summed E-state index contributed by atoms with van der Waals surface area (Å²) in [5, 5.41) is 25.0. The molecule has 0 bridgehead atoms. The molecule has 0 saturated heterocycles. The van der Waals surface area contributed by atoms with Crippen molar-refractivity contribution < 1.29 is 0 Å². The lowest BCUT2D eigenvalue weighted by atomic mass is 9.83. The quantitative estimate of drug-likeness (QED) is 0.175. The first-order valence-corrected chi connectivity index (χ1v) is 17.8. The number of nitriles is 2. The van der Waals surface area contributed by atoms with Crippen molar-refractivity contribution in [2.45, 2.75) is 12.3 Å². The van der Waals surface area contributed by atoms with Crippen LogP contribution in [0.1, 0.15) is 33.7 Å². The van der Waals surface area contributed by atoms with Gasteiger partial charge < -0.3 is 0 Å². The van der Waals surface area contributed by atoms with Gasteiger partial charge in [0.1, 0.15) is 5.65 Å². The predicted octanol–water partition coefficient (Wildman–Crippen LogP) is 11.9. The van der Waals surface area contributed by atoms with Gasteiger partial charge in [0, 0.05) is 27.8 Å². The highest BCUT2D eigenvalue weighted by Gasteiger charge is 2.23. The van der Waals surface area contributed by atoms with E-state index in [1.807, 2.05) is 48.5 Å². The Kier molecular flexibility index (Phi) is 7.03. The van der Waals surface area contributed by atoms with Crippen LogP contribution in [0.3, 0.4) is 0 Å². The van der Waals surface area contributed by atoms with Crippen LogP contribution in [-0.4, -0.2) is 9.38 Å². The summed E-state index contributed by atoms with van der Waals surface area (Å²) in [7, 11) is 0. The predicted molar refractivity (Wildman–Crippen MR) is 215 cm³/mol. The number of hydrogen-bond acceptors (Lipinski definition) is 3. The second-order valence-electron chi connectivity index (χ2n) is 13.8. The minimum Gasteiger partial charge on any atom is -0.291 e. The van der Waals surface area contributed by atoms with Crippen LogP contribution in [0.15, 0.2) is 158 Å². The highest BCUT2D eigenvalue weighted by atomic mass is 15.0. The lowest BCUT2D eigenvalue weighted by Gasteiger charge is -2.21. The van der Waals surface area contributed by atoms with E-state index >= 15 is 0 Å². The van der Waals surface area contributed by atoms with Gasteiger partial charge >= 0.3 is 0 Å². The van der Waals surface area contributed by atoms with Crippen LogP contribution in [0.25, 0.3) is 77.8 Å². The fourth-order valence-corrected chi connectivity index (χ4v) is 8.06. The van der Waals surface area contributed by atoms with Crippen LogP contribution in [0.4, 0.5) is 0 Å². The van der Waals surface area contributed by atoms with Crippen molar-refractivity contribution >= 4 is 44.2 Å². The van der Waals surface area contributed by atoms with Crippen LogP contribution in [-0.2, 0) is 6.42 Å². The molecule has 0 aliphatic heterocycles. The summed E-state index contributed by atoms with van der Waals surface area (Å²) in [5.74, 6) is 0.218. The molecular formula is C49H30N4. The summed E-state index contributed by atoms with van der Waals surface area (Å²) in [6.45, 7) is 0. The maximum atomic E-state index is 9.55. The molecule has 0 spiro atoms. The Morgan fingerprint density at radius 3 is 2.04 bits per heavy atom. The zero-order valence-electron chi connectivity index (χ0n) is 28.7. The van der Waals surface area contributed by atoms with Crippen LogP contribution >= 0.6 is 0 Å². The van der Waals surface area contributed by atoms with Gasteiger partial charge in [0.05, 0.1) is 40.2 Å². The third-order valence-corrected chi connectivity index (χ3v) is 10.8. The van der Waals surface area contributed by atoms with Crippen molar-refractivity contribution in [1.29, 1.82) is 10.5 Å². The van der Waals surface area contributed by atoms with Gasteiger partial charge in [-0.3, -0.25) is 4.40 Å². The van der Waals surface area contributed by atoms with Gasteiger partial charge in [-0.15, -0.1) is 0 Å². The number of benzene rings is 7. The normalized spacial score (nSPS) is 13.7. The van der Waals surface area contributed by atoms with E-state index in [9.17, 15) is 10.5 Å². The Morgan fingerprint density at radius 1 is 0.566 bits per heavy atom. The molecule has 7 aromatic carbocycles. The monoisotopic (exact) mass is 674 g/mol. The molecule has 1 unspecified atom stereocenters. The maximum absolute atomic E-state index is 9.55. The topological polar surface area (TPSA) is 64.9 Å². The first kappa shape index (κ1) is 30.5. The minimum absolute atomic E-state index is 0.218. The number of para-hydroxylation sites is 1. The van der Waals surface area contributed by atoms with Crippen molar-refractivity contribution in [2.75, 3.05) is 0 Å². The van der Waals surface area contributed by atoms with E-state index in [4.69, 9.17) is 4.98 Å². The van der Waals surface area contributed by atoms with Gasteiger partial charge in [-0.2, -0.15) is 10.5 Å². The molecule has 9 aromatic rings. The fourth-order valence-electron chi connectivity index (χ4n) is 8.06. The van der Waals surface area contributed by atoms with E-state index in [0.29, 0.717) is 11.1 Å². The minimum atomic E-state index is 0.218. The van der Waals surface area contributed by atoms with Gasteiger partial charge in [0.2, 0.25) is 0 Å². The van der Waals surface area contributed by atoms with Crippen molar-refractivity contribution in [3.63, 3.8) is 0 Å². The molecule has 0 radical (unpaired) electrons. The number of allylic oxidation sites excluding steroid dienone is 1. The van der Waals surface area contributed by atoms with E-state index in [1.165, 1.54) is 38.6 Å². The average Bonchev–Trinajstić information content (AvgIpc) is 3.64. The summed E-state index contributed by atoms with van der Waals surface area (Å²) in [6.07, 6.45) is 5.55. The lowest BCUT2D eigenvalue weighted by molar-refractivity contribution is 0.828.